The Balaban J connectivity index is 5.49. The zero-order valence-corrected chi connectivity index (χ0v) is 19.7. The number of hydrogen-bond acceptors (Lipinski definition) is 9. The molecule has 15 heteroatoms. The van der Waals surface area contributed by atoms with Crippen LogP contribution in [0, 0.1) is 0 Å². The average molecular weight is 509 g/mol. The van der Waals surface area contributed by atoms with Crippen LogP contribution in [-0.4, -0.2) is 98.3 Å². The molecule has 5 atom stereocenters. The smallest absolute Gasteiger partial charge is 0.328 e. The van der Waals surface area contributed by atoms with Crippen LogP contribution < -0.4 is 21.7 Å². The minimum absolute atomic E-state index is 0.114. The first-order chi connectivity index (χ1) is 15.8. The molecule has 5 unspecified atom stereocenters. The fraction of sp³-hybridized carbons (Fsp3) is 0.684. The second-order valence-corrected chi connectivity index (χ2v) is 8.43. The van der Waals surface area contributed by atoms with E-state index in [-0.39, 0.29) is 25.7 Å². The average Bonchev–Trinajstić information content (AvgIpc) is 2.74. The molecule has 0 saturated carbocycles. The number of carboxylic acids is 3. The zero-order chi connectivity index (χ0) is 26.4. The van der Waals surface area contributed by atoms with Crippen LogP contribution in [0.25, 0.3) is 0 Å². The molecule has 14 nitrogen and oxygen atoms in total. The molecule has 0 aromatic heterocycles. The van der Waals surface area contributed by atoms with Gasteiger partial charge in [0.15, 0.2) is 6.04 Å². The summed E-state index contributed by atoms with van der Waals surface area (Å²) in [5.74, 6) is -6.20. The van der Waals surface area contributed by atoms with Gasteiger partial charge in [-0.2, -0.15) is 11.8 Å². The third kappa shape index (κ3) is 12.4. The normalized spacial score (nSPS) is 15.2. The third-order valence-corrected chi connectivity index (χ3v) is 5.22. The maximum atomic E-state index is 12.8. The highest BCUT2D eigenvalue weighted by molar-refractivity contribution is 7.98. The number of amides is 3. The third-order valence-electron chi connectivity index (χ3n) is 4.58. The van der Waals surface area contributed by atoms with Crippen molar-refractivity contribution in [3.63, 3.8) is 0 Å². The largest absolute Gasteiger partial charge is 0.481 e. The number of aliphatic hydroxyl groups excluding tert-OH is 1. The van der Waals surface area contributed by atoms with Crippen LogP contribution in [0.2, 0.25) is 0 Å². The van der Waals surface area contributed by atoms with Gasteiger partial charge in [0.05, 0.1) is 12.1 Å². The lowest BCUT2D eigenvalue weighted by atomic mass is 10.1. The Morgan fingerprint density at radius 3 is 1.74 bits per heavy atom. The first-order valence-electron chi connectivity index (χ1n) is 10.3. The van der Waals surface area contributed by atoms with Crippen molar-refractivity contribution in [1.82, 2.24) is 16.0 Å². The molecule has 0 saturated heterocycles. The molecule has 0 aliphatic carbocycles. The van der Waals surface area contributed by atoms with Crippen molar-refractivity contribution in [3.05, 3.63) is 0 Å². The summed E-state index contributed by atoms with van der Waals surface area (Å²) < 4.78 is 0. The summed E-state index contributed by atoms with van der Waals surface area (Å²) in [4.78, 5) is 70.6. The molecule has 3 amide bonds. The summed E-state index contributed by atoms with van der Waals surface area (Å²) >= 11 is 1.36. The van der Waals surface area contributed by atoms with E-state index in [0.717, 1.165) is 6.92 Å². The number of thioether (sulfide) groups is 1. The number of rotatable bonds is 17. The molecule has 0 rings (SSSR count). The molecule has 0 fully saturated rings. The van der Waals surface area contributed by atoms with E-state index >= 15 is 0 Å². The Labute approximate surface area is 200 Å². The number of aliphatic carboxylic acids is 3. The molecule has 9 N–H and O–H groups in total. The van der Waals surface area contributed by atoms with E-state index in [2.05, 4.69) is 16.0 Å². The highest BCUT2D eigenvalue weighted by atomic mass is 32.2. The van der Waals surface area contributed by atoms with Crippen LogP contribution in [-0.2, 0) is 28.8 Å². The lowest BCUT2D eigenvalue weighted by Crippen LogP contribution is -2.58. The van der Waals surface area contributed by atoms with Crippen molar-refractivity contribution < 1.29 is 49.2 Å². The summed E-state index contributed by atoms with van der Waals surface area (Å²) in [6.45, 7) is 1.13. The lowest BCUT2D eigenvalue weighted by Gasteiger charge is -2.25. The van der Waals surface area contributed by atoms with Gasteiger partial charge in [-0.05, 0) is 38.2 Å². The van der Waals surface area contributed by atoms with Gasteiger partial charge in [-0.15, -0.1) is 0 Å². The summed E-state index contributed by atoms with van der Waals surface area (Å²) in [7, 11) is 0. The Hall–Kier alpha value is -2.91. The van der Waals surface area contributed by atoms with Gasteiger partial charge in [0.2, 0.25) is 17.7 Å². The van der Waals surface area contributed by atoms with Gasteiger partial charge in [-0.1, -0.05) is 0 Å². The van der Waals surface area contributed by atoms with Gasteiger partial charge < -0.3 is 42.1 Å². The summed E-state index contributed by atoms with van der Waals surface area (Å²) in [6, 6.07) is -5.55. The van der Waals surface area contributed by atoms with E-state index in [1.165, 1.54) is 11.8 Å². The predicted molar refractivity (Wildman–Crippen MR) is 120 cm³/mol. The summed E-state index contributed by atoms with van der Waals surface area (Å²) in [5, 5.41) is 43.1. The Bertz CT molecular complexity index is 749. The second-order valence-electron chi connectivity index (χ2n) is 7.44. The maximum Gasteiger partial charge on any atom is 0.328 e. The van der Waals surface area contributed by atoms with Crippen LogP contribution in [0.3, 0.4) is 0 Å². The number of carboxylic acid groups (broad SMARTS) is 3. The molecule has 0 aliphatic rings. The maximum absolute atomic E-state index is 12.8. The van der Waals surface area contributed by atoms with Crippen molar-refractivity contribution >= 4 is 47.4 Å². The van der Waals surface area contributed by atoms with Crippen molar-refractivity contribution in [3.8, 4) is 0 Å². The highest BCUT2D eigenvalue weighted by Gasteiger charge is 2.32. The van der Waals surface area contributed by atoms with Crippen molar-refractivity contribution in [2.24, 2.45) is 5.73 Å². The SMILES string of the molecule is CSCCC(NC(=O)C(N)CCC(=O)O)C(=O)NC(CCC(=O)O)C(=O)NC(C(=O)O)C(C)O. The highest BCUT2D eigenvalue weighted by Crippen LogP contribution is 2.06. The van der Waals surface area contributed by atoms with Crippen molar-refractivity contribution in [2.45, 2.75) is 69.3 Å². The fourth-order valence-electron chi connectivity index (χ4n) is 2.64. The second kappa shape index (κ2) is 15.8. The topological polar surface area (TPSA) is 245 Å². The van der Waals surface area contributed by atoms with Gasteiger partial charge in [0.1, 0.15) is 12.1 Å². The molecular weight excluding hydrogens is 476 g/mol. The molecule has 194 valence electrons. The quantitative estimate of drug-likeness (QED) is 0.103. The van der Waals surface area contributed by atoms with Crippen LogP contribution in [0.5, 0.6) is 0 Å². The number of hydrogen-bond donors (Lipinski definition) is 8. The van der Waals surface area contributed by atoms with Crippen molar-refractivity contribution in [2.75, 3.05) is 12.0 Å². The van der Waals surface area contributed by atoms with Crippen molar-refractivity contribution in [1.29, 1.82) is 0 Å². The monoisotopic (exact) mass is 508 g/mol. The Morgan fingerprint density at radius 1 is 0.794 bits per heavy atom. The summed E-state index contributed by atoms with van der Waals surface area (Å²) in [6.07, 6.45) is -1.06. The predicted octanol–water partition coefficient (Wildman–Crippen LogP) is -2.28. The minimum atomic E-state index is -1.70. The van der Waals surface area contributed by atoms with Crippen LogP contribution in [0.4, 0.5) is 0 Å². The van der Waals surface area contributed by atoms with Gasteiger partial charge in [0.25, 0.3) is 0 Å². The minimum Gasteiger partial charge on any atom is -0.481 e. The molecular formula is C19H32N4O10S. The molecule has 34 heavy (non-hydrogen) atoms. The van der Waals surface area contributed by atoms with E-state index < -0.39 is 72.3 Å². The molecule has 0 aliphatic heterocycles. The standard InChI is InChI=1S/C19H32N4O10S/c1-9(24)15(19(32)33)23-18(31)11(4-6-14(27)28)22-17(30)12(7-8-34-2)21-16(29)10(20)3-5-13(25)26/h9-12,15,24H,3-8,20H2,1-2H3,(H,21,29)(H,22,30)(H,23,31)(H,25,26)(H,27,28)(H,32,33). The molecule has 0 aromatic carbocycles. The molecule has 0 aromatic rings. The number of aliphatic hydroxyl groups is 1. The van der Waals surface area contributed by atoms with Crippen LogP contribution in [0.15, 0.2) is 0 Å². The van der Waals surface area contributed by atoms with E-state index in [1.807, 2.05) is 0 Å². The number of nitrogens with two attached hydrogens (primary N) is 1. The Morgan fingerprint density at radius 2 is 1.26 bits per heavy atom. The van der Waals surface area contributed by atoms with Crippen LogP contribution >= 0.6 is 11.8 Å². The number of carbonyl (C=O) groups excluding carboxylic acids is 3. The van der Waals surface area contributed by atoms with E-state index in [9.17, 15) is 33.9 Å². The van der Waals surface area contributed by atoms with E-state index in [1.54, 1.807) is 6.26 Å². The molecule has 0 bridgehead atoms. The first kappa shape index (κ1) is 31.1. The van der Waals surface area contributed by atoms with Gasteiger partial charge in [-0.25, -0.2) is 4.79 Å². The van der Waals surface area contributed by atoms with E-state index in [0.29, 0.717) is 5.75 Å². The zero-order valence-electron chi connectivity index (χ0n) is 18.9. The Kier molecular flexibility index (Phi) is 14.5. The van der Waals surface area contributed by atoms with E-state index in [4.69, 9.17) is 21.1 Å². The van der Waals surface area contributed by atoms with Gasteiger partial charge in [-0.3, -0.25) is 24.0 Å². The van der Waals surface area contributed by atoms with Gasteiger partial charge in [0, 0.05) is 12.8 Å². The lowest BCUT2D eigenvalue weighted by molar-refractivity contribution is -0.145. The number of carbonyl (C=O) groups is 6. The molecule has 0 spiro atoms. The molecule has 0 heterocycles. The van der Waals surface area contributed by atoms with Crippen LogP contribution in [0.1, 0.15) is 39.0 Å². The fourth-order valence-corrected chi connectivity index (χ4v) is 3.12. The summed E-state index contributed by atoms with van der Waals surface area (Å²) in [5.41, 5.74) is 5.66. The first-order valence-corrected chi connectivity index (χ1v) is 11.7. The number of nitrogens with one attached hydrogen (secondary N) is 3. The van der Waals surface area contributed by atoms with Gasteiger partial charge >= 0.3 is 17.9 Å². The molecule has 0 radical (unpaired) electrons.